The Kier molecular flexibility index (Phi) is 6.27. The minimum Gasteiger partial charge on any atom is -0.491 e. The van der Waals surface area contributed by atoms with Gasteiger partial charge in [0.1, 0.15) is 11.4 Å². The third-order valence-corrected chi connectivity index (χ3v) is 7.04. The Labute approximate surface area is 227 Å². The lowest BCUT2D eigenvalue weighted by molar-refractivity contribution is 0.242. The number of halogens is 1. The second-order valence-corrected chi connectivity index (χ2v) is 10.4. The van der Waals surface area contributed by atoms with Gasteiger partial charge in [0, 0.05) is 27.9 Å². The van der Waals surface area contributed by atoms with Gasteiger partial charge in [-0.25, -0.2) is 4.68 Å². The maximum absolute atomic E-state index is 13.3. The predicted molar refractivity (Wildman–Crippen MR) is 151 cm³/mol. The molecule has 0 bridgehead atoms. The summed E-state index contributed by atoms with van der Waals surface area (Å²) in [6.07, 6.45) is 3.87. The molecule has 0 aliphatic rings. The van der Waals surface area contributed by atoms with Crippen LogP contribution in [0.5, 0.6) is 5.75 Å². The molecule has 0 unspecified atom stereocenters. The SMILES string of the molecule is CC(C)Oc1ccc(-c2nn(-c3ccccc3)cc2/C=c2\sc3nc(-c4ccc(Cl)cc4)nn3c2=O)cc1. The second-order valence-electron chi connectivity index (χ2n) is 8.96. The first-order valence-corrected chi connectivity index (χ1v) is 13.2. The van der Waals surface area contributed by atoms with Gasteiger partial charge in [-0.15, -0.1) is 5.10 Å². The van der Waals surface area contributed by atoms with Gasteiger partial charge in [-0.05, 0) is 80.6 Å². The van der Waals surface area contributed by atoms with E-state index >= 15 is 0 Å². The highest BCUT2D eigenvalue weighted by atomic mass is 35.5. The standard InChI is InChI=1S/C29H22ClN5O2S/c1-18(2)37-24-14-10-19(11-15-24)26-21(17-34(32-26)23-6-4-3-5-7-23)16-25-28(36)35-29(38-25)31-27(33-35)20-8-12-22(30)13-9-20/h3-18H,1-2H3/b25-16-. The number of benzene rings is 3. The van der Waals surface area contributed by atoms with Crippen LogP contribution in [0.15, 0.2) is 89.9 Å². The lowest BCUT2D eigenvalue weighted by Crippen LogP contribution is -2.23. The number of thiazole rings is 1. The van der Waals surface area contributed by atoms with E-state index in [4.69, 9.17) is 21.4 Å². The molecule has 3 aromatic carbocycles. The summed E-state index contributed by atoms with van der Waals surface area (Å²) in [7, 11) is 0. The third-order valence-electron chi connectivity index (χ3n) is 5.83. The van der Waals surface area contributed by atoms with Crippen LogP contribution in [0.1, 0.15) is 19.4 Å². The van der Waals surface area contributed by atoms with E-state index < -0.39 is 0 Å². The van der Waals surface area contributed by atoms with Gasteiger partial charge in [-0.2, -0.15) is 14.6 Å². The Morgan fingerprint density at radius 3 is 2.32 bits per heavy atom. The lowest BCUT2D eigenvalue weighted by atomic mass is 10.1. The zero-order valence-corrected chi connectivity index (χ0v) is 22.1. The maximum atomic E-state index is 13.3. The van der Waals surface area contributed by atoms with Crippen molar-refractivity contribution in [3.05, 3.63) is 111 Å². The molecule has 0 spiro atoms. The van der Waals surface area contributed by atoms with Gasteiger partial charge < -0.3 is 4.74 Å². The quantitative estimate of drug-likeness (QED) is 0.273. The summed E-state index contributed by atoms with van der Waals surface area (Å²) in [5.74, 6) is 1.28. The number of rotatable bonds is 6. The number of hydrogen-bond acceptors (Lipinski definition) is 6. The van der Waals surface area contributed by atoms with Crippen molar-refractivity contribution in [2.75, 3.05) is 0 Å². The van der Waals surface area contributed by atoms with E-state index in [-0.39, 0.29) is 11.7 Å². The molecule has 0 aliphatic heterocycles. The topological polar surface area (TPSA) is 74.3 Å². The first-order chi connectivity index (χ1) is 18.4. The first-order valence-electron chi connectivity index (χ1n) is 12.0. The van der Waals surface area contributed by atoms with Crippen molar-refractivity contribution in [3.8, 4) is 34.1 Å². The van der Waals surface area contributed by atoms with E-state index in [1.54, 1.807) is 12.1 Å². The van der Waals surface area contributed by atoms with Crippen LogP contribution < -0.4 is 14.8 Å². The zero-order valence-electron chi connectivity index (χ0n) is 20.6. The van der Waals surface area contributed by atoms with E-state index in [0.29, 0.717) is 20.3 Å². The molecule has 0 amide bonds. The van der Waals surface area contributed by atoms with Crippen molar-refractivity contribution < 1.29 is 4.74 Å². The van der Waals surface area contributed by atoms with Crippen molar-refractivity contribution >= 4 is 34.0 Å². The van der Waals surface area contributed by atoms with Crippen molar-refractivity contribution in [2.45, 2.75) is 20.0 Å². The highest BCUT2D eigenvalue weighted by Crippen LogP contribution is 2.27. The van der Waals surface area contributed by atoms with Crippen LogP contribution in [0, 0.1) is 0 Å². The molecular formula is C29H22ClN5O2S. The molecule has 0 N–H and O–H groups in total. The van der Waals surface area contributed by atoms with Crippen LogP contribution in [0.4, 0.5) is 0 Å². The van der Waals surface area contributed by atoms with Gasteiger partial charge in [-0.1, -0.05) is 41.1 Å². The van der Waals surface area contributed by atoms with Crippen LogP contribution in [0.3, 0.4) is 0 Å². The monoisotopic (exact) mass is 539 g/mol. The number of nitrogens with zero attached hydrogens (tertiary/aromatic N) is 5. The van der Waals surface area contributed by atoms with Crippen LogP contribution in [-0.4, -0.2) is 30.5 Å². The van der Waals surface area contributed by atoms with Crippen molar-refractivity contribution in [1.29, 1.82) is 0 Å². The fraction of sp³-hybridized carbons (Fsp3) is 0.103. The average molecular weight is 540 g/mol. The molecule has 0 saturated carbocycles. The largest absolute Gasteiger partial charge is 0.491 e. The summed E-state index contributed by atoms with van der Waals surface area (Å²) in [6.45, 7) is 3.99. The number of aromatic nitrogens is 5. The molecule has 0 atom stereocenters. The molecule has 7 nitrogen and oxygen atoms in total. The highest BCUT2D eigenvalue weighted by Gasteiger charge is 2.15. The lowest BCUT2D eigenvalue weighted by Gasteiger charge is -2.09. The molecule has 6 rings (SSSR count). The molecule has 3 aromatic heterocycles. The van der Waals surface area contributed by atoms with Crippen LogP contribution in [-0.2, 0) is 0 Å². The maximum Gasteiger partial charge on any atom is 0.291 e. The Hall–Kier alpha value is -4.27. The molecule has 38 heavy (non-hydrogen) atoms. The molecule has 0 radical (unpaired) electrons. The van der Waals surface area contributed by atoms with Gasteiger partial charge in [0.25, 0.3) is 5.56 Å². The minimum atomic E-state index is -0.225. The van der Waals surface area contributed by atoms with Crippen LogP contribution in [0.25, 0.3) is 39.4 Å². The van der Waals surface area contributed by atoms with Gasteiger partial charge >= 0.3 is 0 Å². The van der Waals surface area contributed by atoms with Crippen LogP contribution >= 0.6 is 22.9 Å². The fourth-order valence-electron chi connectivity index (χ4n) is 4.09. The Morgan fingerprint density at radius 2 is 1.63 bits per heavy atom. The smallest absolute Gasteiger partial charge is 0.291 e. The van der Waals surface area contributed by atoms with E-state index in [0.717, 1.165) is 33.8 Å². The molecule has 3 heterocycles. The summed E-state index contributed by atoms with van der Waals surface area (Å²) in [4.78, 5) is 18.4. The first kappa shape index (κ1) is 24.1. The van der Waals surface area contributed by atoms with Gasteiger partial charge in [0.15, 0.2) is 5.82 Å². The Morgan fingerprint density at radius 1 is 0.921 bits per heavy atom. The molecule has 9 heteroatoms. The third kappa shape index (κ3) is 4.71. The zero-order chi connectivity index (χ0) is 26.2. The molecule has 0 saturated heterocycles. The minimum absolute atomic E-state index is 0.0871. The van der Waals surface area contributed by atoms with Gasteiger partial charge in [0.2, 0.25) is 4.96 Å². The second kappa shape index (κ2) is 9.89. The summed E-state index contributed by atoms with van der Waals surface area (Å²) in [5, 5.41) is 9.94. The van der Waals surface area contributed by atoms with E-state index in [9.17, 15) is 4.79 Å². The van der Waals surface area contributed by atoms with Crippen molar-refractivity contribution in [2.24, 2.45) is 0 Å². The van der Waals surface area contributed by atoms with E-state index in [1.165, 1.54) is 15.9 Å². The highest BCUT2D eigenvalue weighted by molar-refractivity contribution is 7.15. The normalized spacial score (nSPS) is 12.1. The Balaban J connectivity index is 1.44. The molecule has 0 aliphatic carbocycles. The summed E-state index contributed by atoms with van der Waals surface area (Å²) >= 11 is 7.29. The predicted octanol–water partition coefficient (Wildman–Crippen LogP) is 5.66. The van der Waals surface area contributed by atoms with E-state index in [2.05, 4.69) is 10.1 Å². The van der Waals surface area contributed by atoms with Crippen molar-refractivity contribution in [3.63, 3.8) is 0 Å². The molecule has 6 aromatic rings. The molecular weight excluding hydrogens is 518 g/mol. The summed E-state index contributed by atoms with van der Waals surface area (Å²) < 4.78 is 9.49. The summed E-state index contributed by atoms with van der Waals surface area (Å²) in [6, 6.07) is 24.9. The van der Waals surface area contributed by atoms with Gasteiger partial charge in [-0.3, -0.25) is 4.79 Å². The average Bonchev–Trinajstić information content (AvgIpc) is 3.60. The summed E-state index contributed by atoms with van der Waals surface area (Å²) in [5.41, 5.74) is 3.98. The van der Waals surface area contributed by atoms with Crippen LogP contribution in [0.2, 0.25) is 5.02 Å². The fourth-order valence-corrected chi connectivity index (χ4v) is 5.11. The van der Waals surface area contributed by atoms with E-state index in [1.807, 2.05) is 97.5 Å². The molecule has 188 valence electrons. The number of ether oxygens (including phenoxy) is 1. The van der Waals surface area contributed by atoms with Crippen molar-refractivity contribution in [1.82, 2.24) is 24.4 Å². The Bertz CT molecular complexity index is 1840. The van der Waals surface area contributed by atoms with Gasteiger partial charge in [0.05, 0.1) is 16.3 Å². The number of hydrogen-bond donors (Lipinski definition) is 0. The number of fused-ring (bicyclic) bond motifs is 1. The molecule has 0 fully saturated rings. The number of para-hydroxylation sites is 1.